The molecule has 4 aromatic carbocycles. The van der Waals surface area contributed by atoms with Crippen molar-refractivity contribution in [2.75, 3.05) is 40.4 Å². The minimum absolute atomic E-state index is 0.198. The van der Waals surface area contributed by atoms with E-state index >= 15 is 0 Å². The number of aromatic nitrogens is 2. The number of methoxy groups -OCH3 is 2. The number of fused-ring (bicyclic) bond motifs is 9. The predicted octanol–water partition coefficient (Wildman–Crippen LogP) is 10.4. The molecular weight excluding hydrogens is 721 g/mol. The highest BCUT2D eigenvalue weighted by atomic mass is 16.5. The van der Waals surface area contributed by atoms with Gasteiger partial charge in [0.25, 0.3) is 0 Å². The van der Waals surface area contributed by atoms with Crippen LogP contribution in [0.5, 0.6) is 23.0 Å². The van der Waals surface area contributed by atoms with E-state index in [9.17, 15) is 0 Å². The average molecular weight is 777 g/mol. The number of pyridine rings is 2. The number of benzene rings is 4. The SMILES string of the molecule is CCC1CN2CCC1CC2[C@H](Oc1ccc(O[C@H](c2ccnc3ccc(OC)cc23)C2CC3CCN2CC3CC)c2ccccc12)c1ccnc2ccc(OC)cc12. The summed E-state index contributed by atoms with van der Waals surface area (Å²) in [6.45, 7) is 9.18. The summed E-state index contributed by atoms with van der Waals surface area (Å²) < 4.78 is 26.4. The van der Waals surface area contributed by atoms with Gasteiger partial charge in [-0.05, 0) is 123 Å². The standard InChI is InChI=1S/C50H56N4O4/c1-5-31-29-53-23-19-33(31)25-45(53)49(39-17-21-51-43-13-11-35(55-3)27-41(39)43)57-47-15-16-48(38-10-8-7-9-37(38)47)58-50(46-26-34-20-24-54(46)30-32(34)6-2)40-18-22-52-44-14-12-36(56-4)28-42(40)44/h7-18,21-22,27-28,31-34,45-46,49-50H,5-6,19-20,23-26,29-30H2,1-4H3/t31?,32?,33?,34?,45?,46?,49-,50-/m1/s1. The molecule has 6 aliphatic rings. The third kappa shape index (κ3) is 6.62. The van der Waals surface area contributed by atoms with Gasteiger partial charge in [-0.3, -0.25) is 19.8 Å². The molecule has 12 rings (SSSR count). The lowest BCUT2D eigenvalue weighted by Gasteiger charge is -2.52. The number of nitrogens with zero attached hydrogens (tertiary/aromatic N) is 4. The van der Waals surface area contributed by atoms with E-state index in [1.54, 1.807) is 14.2 Å². The van der Waals surface area contributed by atoms with E-state index in [2.05, 4.69) is 96.4 Å². The number of hydrogen-bond acceptors (Lipinski definition) is 8. The zero-order valence-electron chi connectivity index (χ0n) is 34.3. The smallest absolute Gasteiger partial charge is 0.140 e. The van der Waals surface area contributed by atoms with E-state index in [-0.39, 0.29) is 24.3 Å². The zero-order chi connectivity index (χ0) is 39.3. The predicted molar refractivity (Wildman–Crippen MR) is 231 cm³/mol. The first-order valence-corrected chi connectivity index (χ1v) is 21.7. The summed E-state index contributed by atoms with van der Waals surface area (Å²) in [6.07, 6.45) is 10.7. The van der Waals surface area contributed by atoms with E-state index in [0.717, 1.165) is 118 Å². The molecule has 6 fully saturated rings. The maximum absolute atomic E-state index is 7.47. The van der Waals surface area contributed by atoms with E-state index in [1.165, 1.54) is 25.7 Å². The van der Waals surface area contributed by atoms with Crippen LogP contribution in [0.1, 0.15) is 75.7 Å². The Morgan fingerprint density at radius 1 is 0.586 bits per heavy atom. The first-order valence-electron chi connectivity index (χ1n) is 21.7. The van der Waals surface area contributed by atoms with Crippen LogP contribution in [0, 0.1) is 23.7 Å². The monoisotopic (exact) mass is 776 g/mol. The number of piperidine rings is 6. The van der Waals surface area contributed by atoms with Crippen LogP contribution in [0.2, 0.25) is 0 Å². The lowest BCUT2D eigenvalue weighted by molar-refractivity contribution is -0.0486. The number of ether oxygens (including phenoxy) is 4. The van der Waals surface area contributed by atoms with Crippen molar-refractivity contribution in [2.45, 2.75) is 76.7 Å². The molecule has 0 radical (unpaired) electrons. The fourth-order valence-electron chi connectivity index (χ4n) is 11.4. The van der Waals surface area contributed by atoms with Gasteiger partial charge in [0.1, 0.15) is 35.2 Å². The van der Waals surface area contributed by atoms with E-state index in [0.29, 0.717) is 11.8 Å². The summed E-state index contributed by atoms with van der Waals surface area (Å²) in [7, 11) is 3.46. The minimum Gasteiger partial charge on any atom is -0.497 e. The topological polar surface area (TPSA) is 69.2 Å². The fourth-order valence-corrected chi connectivity index (χ4v) is 11.4. The Balaban J connectivity index is 1.06. The average Bonchev–Trinajstić information content (AvgIpc) is 3.29. The first-order chi connectivity index (χ1) is 28.5. The Bertz CT molecular complexity index is 2270. The summed E-state index contributed by atoms with van der Waals surface area (Å²) in [5, 5.41) is 4.27. The van der Waals surface area contributed by atoms with Crippen LogP contribution in [0.4, 0.5) is 0 Å². The molecule has 6 saturated heterocycles. The fraction of sp³-hybridized carbons (Fsp3) is 0.440. The van der Waals surface area contributed by atoms with Crippen molar-refractivity contribution < 1.29 is 18.9 Å². The molecule has 0 amide bonds. The summed E-state index contributed by atoms with van der Waals surface area (Å²) in [6, 6.07) is 30.2. The van der Waals surface area contributed by atoms with Gasteiger partial charge in [0.2, 0.25) is 0 Å². The van der Waals surface area contributed by atoms with Gasteiger partial charge in [0.15, 0.2) is 0 Å². The summed E-state index contributed by atoms with van der Waals surface area (Å²) in [5.41, 5.74) is 4.22. The summed E-state index contributed by atoms with van der Waals surface area (Å²) in [5.74, 6) is 6.30. The van der Waals surface area contributed by atoms with Crippen LogP contribution in [0.15, 0.2) is 97.3 Å². The molecule has 0 N–H and O–H groups in total. The molecule has 58 heavy (non-hydrogen) atoms. The molecule has 8 nitrogen and oxygen atoms in total. The molecule has 0 spiro atoms. The van der Waals surface area contributed by atoms with Crippen LogP contribution in [-0.4, -0.2) is 72.3 Å². The van der Waals surface area contributed by atoms with Crippen LogP contribution in [-0.2, 0) is 0 Å². The molecule has 8 heteroatoms. The van der Waals surface area contributed by atoms with Crippen molar-refractivity contribution in [1.29, 1.82) is 0 Å². The van der Waals surface area contributed by atoms with Gasteiger partial charge in [0.05, 0.1) is 37.3 Å². The second-order valence-electron chi connectivity index (χ2n) is 17.3. The van der Waals surface area contributed by atoms with Gasteiger partial charge in [-0.1, -0.05) is 51.0 Å². The molecule has 300 valence electrons. The first kappa shape index (κ1) is 37.4. The Hall–Kier alpha value is -4.92. The van der Waals surface area contributed by atoms with Gasteiger partial charge >= 0.3 is 0 Å². The molecule has 4 bridgehead atoms. The Kier molecular flexibility index (Phi) is 10.1. The van der Waals surface area contributed by atoms with Crippen molar-refractivity contribution in [3.05, 3.63) is 108 Å². The Labute approximate surface area is 342 Å². The summed E-state index contributed by atoms with van der Waals surface area (Å²) >= 11 is 0. The lowest BCUT2D eigenvalue weighted by Crippen LogP contribution is -2.56. The molecule has 6 aromatic rings. The highest BCUT2D eigenvalue weighted by Crippen LogP contribution is 2.48. The van der Waals surface area contributed by atoms with Gasteiger partial charge < -0.3 is 18.9 Å². The van der Waals surface area contributed by atoms with Crippen molar-refractivity contribution in [1.82, 2.24) is 19.8 Å². The normalized spacial score (nSPS) is 27.4. The third-order valence-electron chi connectivity index (χ3n) is 14.5. The maximum atomic E-state index is 7.47. The molecule has 6 aliphatic heterocycles. The highest BCUT2D eigenvalue weighted by Gasteiger charge is 2.46. The van der Waals surface area contributed by atoms with Crippen LogP contribution >= 0.6 is 0 Å². The molecule has 8 unspecified atom stereocenters. The molecule has 8 heterocycles. The third-order valence-corrected chi connectivity index (χ3v) is 14.5. The molecule has 0 aliphatic carbocycles. The quantitative estimate of drug-likeness (QED) is 0.122. The van der Waals surface area contributed by atoms with Gasteiger partial charge in [-0.25, -0.2) is 0 Å². The highest BCUT2D eigenvalue weighted by molar-refractivity contribution is 5.93. The molecular formula is C50H56N4O4. The van der Waals surface area contributed by atoms with Crippen molar-refractivity contribution >= 4 is 32.6 Å². The van der Waals surface area contributed by atoms with Crippen molar-refractivity contribution in [2.24, 2.45) is 23.7 Å². The van der Waals surface area contributed by atoms with Crippen molar-refractivity contribution in [3.63, 3.8) is 0 Å². The van der Waals surface area contributed by atoms with Crippen LogP contribution in [0.3, 0.4) is 0 Å². The van der Waals surface area contributed by atoms with Crippen LogP contribution < -0.4 is 18.9 Å². The van der Waals surface area contributed by atoms with E-state index in [1.807, 2.05) is 24.5 Å². The van der Waals surface area contributed by atoms with Crippen molar-refractivity contribution in [3.8, 4) is 23.0 Å². The number of hydrogen-bond donors (Lipinski definition) is 0. The number of rotatable bonds is 12. The van der Waals surface area contributed by atoms with Gasteiger partial charge in [-0.2, -0.15) is 0 Å². The lowest BCUT2D eigenvalue weighted by atomic mass is 9.72. The van der Waals surface area contributed by atoms with Gasteiger partial charge in [-0.15, -0.1) is 0 Å². The summed E-state index contributed by atoms with van der Waals surface area (Å²) in [4.78, 5) is 15.0. The maximum Gasteiger partial charge on any atom is 0.140 e. The van der Waals surface area contributed by atoms with E-state index < -0.39 is 0 Å². The van der Waals surface area contributed by atoms with E-state index in [4.69, 9.17) is 28.9 Å². The van der Waals surface area contributed by atoms with Crippen LogP contribution in [0.25, 0.3) is 32.6 Å². The molecule has 2 aromatic heterocycles. The molecule has 0 saturated carbocycles. The molecule has 10 atom stereocenters. The Morgan fingerprint density at radius 3 is 1.45 bits per heavy atom. The van der Waals surface area contributed by atoms with Gasteiger partial charge in [0, 0.05) is 58.2 Å². The second-order valence-corrected chi connectivity index (χ2v) is 17.3. The minimum atomic E-state index is -0.198. The Morgan fingerprint density at radius 2 is 1.05 bits per heavy atom. The zero-order valence-corrected chi connectivity index (χ0v) is 34.3. The second kappa shape index (κ2) is 15.7. The largest absolute Gasteiger partial charge is 0.497 e.